The Morgan fingerprint density at radius 3 is 2.44 bits per heavy atom. The highest BCUT2D eigenvalue weighted by molar-refractivity contribution is 6.18. The van der Waals surface area contributed by atoms with Crippen LogP contribution in [0, 0.1) is 0 Å². The minimum Gasteiger partial charge on any atom is -0.497 e. The second-order valence-electron chi connectivity index (χ2n) is 6.00. The maximum absolute atomic E-state index is 12.6. The van der Waals surface area contributed by atoms with Crippen LogP contribution in [0.3, 0.4) is 0 Å². The molecule has 0 saturated heterocycles. The third-order valence-corrected chi connectivity index (χ3v) is 4.65. The summed E-state index contributed by atoms with van der Waals surface area (Å²) in [6.45, 7) is 0. The zero-order valence-electron chi connectivity index (χ0n) is 14.3. The molecule has 128 valence electrons. The van der Waals surface area contributed by atoms with Crippen molar-refractivity contribution in [2.75, 3.05) is 33.2 Å². The number of nitrogens with zero attached hydrogens (tertiary/aromatic N) is 6. The number of hydrogen-bond acceptors (Lipinski definition) is 6. The summed E-state index contributed by atoms with van der Waals surface area (Å²) in [7, 11) is 6.50. The molecule has 2 aliphatic heterocycles. The van der Waals surface area contributed by atoms with Gasteiger partial charge in [0.05, 0.1) is 21.2 Å². The van der Waals surface area contributed by atoms with Gasteiger partial charge in [0.1, 0.15) is 5.75 Å². The molecule has 0 fully saturated rings. The van der Waals surface area contributed by atoms with Gasteiger partial charge in [-0.25, -0.2) is 9.37 Å². The van der Waals surface area contributed by atoms with Gasteiger partial charge in [-0.15, -0.1) is 5.10 Å². The molecule has 0 bridgehead atoms. The molecule has 0 aliphatic carbocycles. The van der Waals surface area contributed by atoms with E-state index in [9.17, 15) is 9.59 Å². The van der Waals surface area contributed by atoms with Crippen molar-refractivity contribution < 1.29 is 18.9 Å². The summed E-state index contributed by atoms with van der Waals surface area (Å²) < 4.78 is 8.41. The average Bonchev–Trinajstić information content (AvgIpc) is 3.17. The van der Waals surface area contributed by atoms with Gasteiger partial charge in [0.25, 0.3) is 5.95 Å². The molecule has 1 aromatic heterocycles. The third kappa shape index (κ3) is 1.92. The Labute approximate surface area is 143 Å². The molecule has 3 heterocycles. The van der Waals surface area contributed by atoms with Crippen LogP contribution >= 0.6 is 0 Å². The molecule has 3 amide bonds. The normalized spacial score (nSPS) is 19.4. The number of likely N-dealkylation sites (N-methyl/N-ethyl adjacent to an activating group) is 2. The summed E-state index contributed by atoms with van der Waals surface area (Å²) >= 11 is 0. The van der Waals surface area contributed by atoms with Crippen LogP contribution in [0.15, 0.2) is 24.3 Å². The van der Waals surface area contributed by atoms with E-state index < -0.39 is 6.04 Å². The lowest BCUT2D eigenvalue weighted by molar-refractivity contribution is -0.407. The summed E-state index contributed by atoms with van der Waals surface area (Å²) in [6.07, 6.45) is 0. The number of imide groups is 1. The van der Waals surface area contributed by atoms with Gasteiger partial charge >= 0.3 is 11.9 Å². The number of methoxy groups -OCH3 is 1. The first-order valence-electron chi connectivity index (χ1n) is 7.71. The molecule has 0 N–H and O–H groups in total. The van der Waals surface area contributed by atoms with E-state index in [-0.39, 0.29) is 11.9 Å². The summed E-state index contributed by atoms with van der Waals surface area (Å²) in [6, 6.07) is 6.39. The summed E-state index contributed by atoms with van der Waals surface area (Å²) in [4.78, 5) is 27.8. The van der Waals surface area contributed by atoms with Gasteiger partial charge in [0.15, 0.2) is 0 Å². The van der Waals surface area contributed by atoms with Crippen LogP contribution in [-0.2, 0) is 4.79 Å². The second-order valence-corrected chi connectivity index (χ2v) is 6.00. The van der Waals surface area contributed by atoms with Crippen molar-refractivity contribution in [3.8, 4) is 17.1 Å². The molecule has 9 heteroatoms. The number of anilines is 1. The first-order valence-corrected chi connectivity index (χ1v) is 7.71. The molecule has 4 rings (SSSR count). The molecule has 1 unspecified atom stereocenters. The predicted octanol–water partition coefficient (Wildman–Crippen LogP) is 0.253. The van der Waals surface area contributed by atoms with Gasteiger partial charge in [-0.2, -0.15) is 9.47 Å². The maximum Gasteiger partial charge on any atom is 0.445 e. The standard InChI is InChI=1S/C16H17N6O3/c1-19-11-13(20(2)16(24)21(3)14(11)23)22-12(17-18-15(19)22)9-5-7-10(25-4)8-6-9/h5-8,11H,1-4H3/q+1. The first kappa shape index (κ1) is 15.3. The predicted molar refractivity (Wildman–Crippen MR) is 89.0 cm³/mol. The van der Waals surface area contributed by atoms with Gasteiger partial charge < -0.3 is 9.64 Å². The van der Waals surface area contributed by atoms with Crippen molar-refractivity contribution in [3.05, 3.63) is 24.3 Å². The number of carbonyl (C=O) groups is 2. The van der Waals surface area contributed by atoms with Gasteiger partial charge in [-0.05, 0) is 24.3 Å². The largest absolute Gasteiger partial charge is 0.497 e. The van der Waals surface area contributed by atoms with Crippen LogP contribution in [0.2, 0.25) is 0 Å². The number of fused-ring (bicyclic) bond motifs is 3. The van der Waals surface area contributed by atoms with E-state index in [1.807, 2.05) is 24.3 Å². The lowest BCUT2D eigenvalue weighted by atomic mass is 10.1. The number of ether oxygens (including phenoxy) is 1. The van der Waals surface area contributed by atoms with Crippen molar-refractivity contribution in [3.63, 3.8) is 0 Å². The van der Waals surface area contributed by atoms with Crippen molar-refractivity contribution in [1.82, 2.24) is 19.7 Å². The minimum atomic E-state index is -0.602. The van der Waals surface area contributed by atoms with E-state index in [4.69, 9.17) is 4.74 Å². The zero-order chi connectivity index (χ0) is 17.9. The lowest BCUT2D eigenvalue weighted by Gasteiger charge is -2.24. The molecular weight excluding hydrogens is 324 g/mol. The number of rotatable bonds is 2. The van der Waals surface area contributed by atoms with Gasteiger partial charge in [0, 0.05) is 12.6 Å². The van der Waals surface area contributed by atoms with E-state index in [2.05, 4.69) is 10.2 Å². The molecule has 1 aromatic carbocycles. The SMILES string of the molecule is COc1ccc(-c2nnc3n2C2=[N+](C)C(=O)N(C)C(=O)C2N3C)cc1. The number of aromatic nitrogens is 3. The highest BCUT2D eigenvalue weighted by Gasteiger charge is 2.54. The fraction of sp³-hybridized carbons (Fsp3) is 0.312. The van der Waals surface area contributed by atoms with Gasteiger partial charge in [0.2, 0.25) is 17.7 Å². The zero-order valence-corrected chi connectivity index (χ0v) is 14.3. The second kappa shape index (κ2) is 5.13. The molecular formula is C16H17N6O3+. The Kier molecular flexibility index (Phi) is 3.14. The smallest absolute Gasteiger partial charge is 0.445 e. The first-order chi connectivity index (χ1) is 12.0. The Hall–Kier alpha value is -3.23. The number of carbonyl (C=O) groups excluding carboxylic acids is 2. The third-order valence-electron chi connectivity index (χ3n) is 4.65. The quantitative estimate of drug-likeness (QED) is 0.729. The molecule has 1 atom stereocenters. The van der Waals surface area contributed by atoms with Crippen LogP contribution in [0.25, 0.3) is 11.4 Å². The van der Waals surface area contributed by atoms with Crippen LogP contribution in [0.5, 0.6) is 5.75 Å². The van der Waals surface area contributed by atoms with E-state index >= 15 is 0 Å². The monoisotopic (exact) mass is 341 g/mol. The average molecular weight is 341 g/mol. The van der Waals surface area contributed by atoms with Crippen molar-refractivity contribution >= 4 is 23.7 Å². The fourth-order valence-corrected chi connectivity index (χ4v) is 3.26. The number of amides is 3. The molecule has 0 radical (unpaired) electrons. The summed E-state index contributed by atoms with van der Waals surface area (Å²) in [5.41, 5.74) is 0.813. The Morgan fingerprint density at radius 1 is 1.12 bits per heavy atom. The van der Waals surface area contributed by atoms with Crippen LogP contribution in [0.1, 0.15) is 0 Å². The van der Waals surface area contributed by atoms with E-state index in [0.717, 1.165) is 16.2 Å². The number of benzene rings is 1. The van der Waals surface area contributed by atoms with E-state index in [1.165, 1.54) is 11.6 Å². The molecule has 25 heavy (non-hydrogen) atoms. The van der Waals surface area contributed by atoms with Crippen molar-refractivity contribution in [2.24, 2.45) is 0 Å². The van der Waals surface area contributed by atoms with Crippen LogP contribution < -0.4 is 9.64 Å². The highest BCUT2D eigenvalue weighted by atomic mass is 16.5. The minimum absolute atomic E-state index is 0.285. The number of urea groups is 1. The molecule has 2 aromatic rings. The van der Waals surface area contributed by atoms with Gasteiger partial charge in [-0.1, -0.05) is 5.10 Å². The summed E-state index contributed by atoms with van der Waals surface area (Å²) in [5.74, 6) is 2.08. The highest BCUT2D eigenvalue weighted by Crippen LogP contribution is 2.32. The molecule has 0 spiro atoms. The topological polar surface area (TPSA) is 83.6 Å². The van der Waals surface area contributed by atoms with E-state index in [1.54, 1.807) is 30.7 Å². The Bertz CT molecular complexity index is 930. The van der Waals surface area contributed by atoms with Crippen molar-refractivity contribution in [2.45, 2.75) is 6.04 Å². The summed E-state index contributed by atoms with van der Waals surface area (Å²) in [5, 5.41) is 8.47. The Morgan fingerprint density at radius 2 is 1.80 bits per heavy atom. The van der Waals surface area contributed by atoms with Crippen molar-refractivity contribution in [1.29, 1.82) is 0 Å². The van der Waals surface area contributed by atoms with Crippen LogP contribution in [0.4, 0.5) is 10.7 Å². The Balaban J connectivity index is 1.92. The molecule has 0 saturated carbocycles. The molecule has 2 aliphatic rings. The lowest BCUT2D eigenvalue weighted by Crippen LogP contribution is -2.59. The van der Waals surface area contributed by atoms with Gasteiger partial charge in [-0.3, -0.25) is 4.79 Å². The molecule has 9 nitrogen and oxygen atoms in total. The van der Waals surface area contributed by atoms with Crippen LogP contribution in [-0.4, -0.2) is 76.3 Å². The maximum atomic E-state index is 12.6. The van der Waals surface area contributed by atoms with E-state index in [0.29, 0.717) is 17.6 Å². The fourth-order valence-electron chi connectivity index (χ4n) is 3.26. The number of hydrogen-bond donors (Lipinski definition) is 0.